The highest BCUT2D eigenvalue weighted by Gasteiger charge is 2.09. The number of nitrogens with zero attached hydrogens (tertiary/aromatic N) is 2. The van der Waals surface area contributed by atoms with E-state index in [1.54, 1.807) is 26.2 Å². The lowest BCUT2D eigenvalue weighted by molar-refractivity contribution is -0.138. The number of ether oxygens (including phenoxy) is 3. The van der Waals surface area contributed by atoms with Gasteiger partial charge in [0, 0.05) is 39.2 Å². The molecule has 30 heavy (non-hydrogen) atoms. The van der Waals surface area contributed by atoms with Crippen molar-refractivity contribution in [3.63, 3.8) is 0 Å². The number of hydrogen-bond donors (Lipinski definition) is 0. The molecule has 8 nitrogen and oxygen atoms in total. The van der Waals surface area contributed by atoms with Crippen LogP contribution in [-0.2, 0) is 19.1 Å². The maximum absolute atomic E-state index is 10.9. The van der Waals surface area contributed by atoms with Gasteiger partial charge in [0.25, 0.3) is 0 Å². The molecule has 0 aliphatic heterocycles. The van der Waals surface area contributed by atoms with E-state index in [4.69, 9.17) is 18.7 Å². The van der Waals surface area contributed by atoms with E-state index in [9.17, 15) is 9.59 Å². The zero-order chi connectivity index (χ0) is 22.4. The van der Waals surface area contributed by atoms with Crippen LogP contribution in [0.3, 0.4) is 0 Å². The lowest BCUT2D eigenvalue weighted by Crippen LogP contribution is -2.02. The number of esters is 2. The molecular weight excluding hydrogens is 388 g/mol. The third-order valence-corrected chi connectivity index (χ3v) is 3.87. The zero-order valence-corrected chi connectivity index (χ0v) is 18.1. The van der Waals surface area contributed by atoms with E-state index in [1.807, 2.05) is 13.0 Å². The van der Waals surface area contributed by atoms with E-state index < -0.39 is 0 Å². The van der Waals surface area contributed by atoms with Crippen LogP contribution >= 0.6 is 0 Å². The molecule has 0 aliphatic rings. The number of benzene rings is 1. The molecule has 2 aromatic rings. The van der Waals surface area contributed by atoms with Crippen LogP contribution in [0.4, 0.5) is 0 Å². The minimum Gasteiger partial charge on any atom is -0.463 e. The predicted molar refractivity (Wildman–Crippen MR) is 112 cm³/mol. The maximum atomic E-state index is 10.9. The highest BCUT2D eigenvalue weighted by Crippen LogP contribution is 2.24. The van der Waals surface area contributed by atoms with E-state index in [1.165, 1.54) is 13.0 Å². The molecule has 0 unspecified atom stereocenters. The first-order valence-corrected chi connectivity index (χ1v) is 9.75. The number of unbranched alkanes of at least 4 members (excludes halogenated alkanes) is 3. The van der Waals surface area contributed by atoms with E-state index in [0.29, 0.717) is 24.1 Å². The standard InChI is InChI=1S/C12H12N2O3.C10H18O3/c1-7-6-10(12-13-8(2)17-14-12)4-5-11(7)16-9(3)15;1-3-10(11)13-9-7-5-4-6-8-12-2/h4-6H,1-3H3;3H,1,4-9H2,2H3. The van der Waals surface area contributed by atoms with Crippen LogP contribution < -0.4 is 4.74 Å². The van der Waals surface area contributed by atoms with Crippen LogP contribution in [0.5, 0.6) is 5.75 Å². The van der Waals surface area contributed by atoms with Crippen molar-refractivity contribution >= 4 is 11.9 Å². The third kappa shape index (κ3) is 9.97. The van der Waals surface area contributed by atoms with E-state index in [-0.39, 0.29) is 11.9 Å². The molecule has 0 saturated carbocycles. The van der Waals surface area contributed by atoms with Crippen molar-refractivity contribution in [3.8, 4) is 17.1 Å². The Morgan fingerprint density at radius 2 is 1.83 bits per heavy atom. The molecule has 164 valence electrons. The lowest BCUT2D eigenvalue weighted by atomic mass is 10.1. The first kappa shape index (κ1) is 25.0. The number of methoxy groups -OCH3 is 1. The first-order valence-electron chi connectivity index (χ1n) is 9.75. The highest BCUT2D eigenvalue weighted by molar-refractivity contribution is 5.81. The number of rotatable bonds is 10. The molecule has 0 bridgehead atoms. The molecule has 0 atom stereocenters. The van der Waals surface area contributed by atoms with Gasteiger partial charge in [-0.2, -0.15) is 4.98 Å². The SMILES string of the molecule is C=CC(=O)OCCCCCCOC.CC(=O)Oc1ccc(-c2noc(C)n2)cc1C. The Bertz CT molecular complexity index is 816. The molecule has 0 spiro atoms. The van der Waals surface area contributed by atoms with Crippen molar-refractivity contribution < 1.29 is 28.3 Å². The number of aryl methyl sites for hydroxylation is 2. The van der Waals surface area contributed by atoms with Gasteiger partial charge in [-0.05, 0) is 49.9 Å². The van der Waals surface area contributed by atoms with Crippen molar-refractivity contribution in [2.45, 2.75) is 46.5 Å². The minimum absolute atomic E-state index is 0.336. The fraction of sp³-hybridized carbons (Fsp3) is 0.455. The van der Waals surface area contributed by atoms with Crippen molar-refractivity contribution in [2.75, 3.05) is 20.3 Å². The summed E-state index contributed by atoms with van der Waals surface area (Å²) in [7, 11) is 1.70. The summed E-state index contributed by atoms with van der Waals surface area (Å²) >= 11 is 0. The highest BCUT2D eigenvalue weighted by atomic mass is 16.5. The van der Waals surface area contributed by atoms with Crippen molar-refractivity contribution in [1.82, 2.24) is 10.1 Å². The number of carbonyl (C=O) groups is 2. The second kappa shape index (κ2) is 14.1. The average Bonchev–Trinajstić information content (AvgIpc) is 3.15. The summed E-state index contributed by atoms with van der Waals surface area (Å²) in [6.07, 6.45) is 5.38. The number of hydrogen-bond acceptors (Lipinski definition) is 8. The summed E-state index contributed by atoms with van der Waals surface area (Å²) in [5, 5.41) is 3.82. The minimum atomic E-state index is -0.337. The summed E-state index contributed by atoms with van der Waals surface area (Å²) in [6.45, 7) is 9.58. The molecule has 0 N–H and O–H groups in total. The molecule has 2 rings (SSSR count). The molecule has 1 aromatic carbocycles. The van der Waals surface area contributed by atoms with Crippen LogP contribution in [0.1, 0.15) is 44.1 Å². The van der Waals surface area contributed by atoms with Gasteiger partial charge in [-0.3, -0.25) is 4.79 Å². The van der Waals surface area contributed by atoms with Crippen LogP contribution in [0, 0.1) is 13.8 Å². The fourth-order valence-electron chi connectivity index (χ4n) is 2.41. The van der Waals surface area contributed by atoms with Crippen LogP contribution in [0.2, 0.25) is 0 Å². The first-order chi connectivity index (χ1) is 14.4. The lowest BCUT2D eigenvalue weighted by Gasteiger charge is -2.05. The summed E-state index contributed by atoms with van der Waals surface area (Å²) < 4.78 is 19.7. The van der Waals surface area contributed by atoms with Crippen LogP contribution in [-0.4, -0.2) is 42.4 Å². The van der Waals surface area contributed by atoms with Gasteiger partial charge >= 0.3 is 11.9 Å². The van der Waals surface area contributed by atoms with E-state index >= 15 is 0 Å². The molecule has 0 fully saturated rings. The summed E-state index contributed by atoms with van der Waals surface area (Å²) in [5.41, 5.74) is 1.68. The van der Waals surface area contributed by atoms with Gasteiger partial charge in [0.2, 0.25) is 11.7 Å². The molecule has 8 heteroatoms. The summed E-state index contributed by atoms with van der Waals surface area (Å²) in [4.78, 5) is 25.6. The monoisotopic (exact) mass is 418 g/mol. The average molecular weight is 418 g/mol. The Morgan fingerprint density at radius 3 is 2.37 bits per heavy atom. The Kier molecular flexibility index (Phi) is 11.7. The smallest absolute Gasteiger partial charge is 0.330 e. The Morgan fingerprint density at radius 1 is 1.13 bits per heavy atom. The van der Waals surface area contributed by atoms with Gasteiger partial charge < -0.3 is 18.7 Å². The Labute approximate surface area is 177 Å². The second-order valence-electron chi connectivity index (χ2n) is 6.49. The van der Waals surface area contributed by atoms with Gasteiger partial charge in [0.15, 0.2) is 0 Å². The number of aromatic nitrogens is 2. The van der Waals surface area contributed by atoms with Crippen molar-refractivity contribution in [1.29, 1.82) is 0 Å². The van der Waals surface area contributed by atoms with Crippen LogP contribution in [0.25, 0.3) is 11.4 Å². The molecule has 0 amide bonds. The molecular formula is C22H30N2O6. The Hall–Kier alpha value is -3.00. The van der Waals surface area contributed by atoms with Gasteiger partial charge in [-0.15, -0.1) is 0 Å². The quantitative estimate of drug-likeness (QED) is 0.245. The third-order valence-electron chi connectivity index (χ3n) is 3.87. The van der Waals surface area contributed by atoms with Crippen molar-refractivity contribution in [2.24, 2.45) is 0 Å². The fourth-order valence-corrected chi connectivity index (χ4v) is 2.41. The number of carbonyl (C=O) groups excluding carboxylic acids is 2. The topological polar surface area (TPSA) is 101 Å². The molecule has 1 aromatic heterocycles. The normalized spacial score (nSPS) is 10.0. The maximum Gasteiger partial charge on any atom is 0.330 e. The molecule has 1 heterocycles. The van der Waals surface area contributed by atoms with Gasteiger partial charge in [-0.25, -0.2) is 4.79 Å². The second-order valence-corrected chi connectivity index (χ2v) is 6.49. The van der Waals surface area contributed by atoms with Gasteiger partial charge in [0.05, 0.1) is 6.61 Å². The van der Waals surface area contributed by atoms with Gasteiger partial charge in [0.1, 0.15) is 5.75 Å². The van der Waals surface area contributed by atoms with E-state index in [0.717, 1.165) is 43.4 Å². The van der Waals surface area contributed by atoms with Crippen LogP contribution in [0.15, 0.2) is 35.4 Å². The van der Waals surface area contributed by atoms with Gasteiger partial charge in [-0.1, -0.05) is 18.2 Å². The zero-order valence-electron chi connectivity index (χ0n) is 18.1. The molecule has 0 radical (unpaired) electrons. The predicted octanol–water partition coefficient (Wildman–Crippen LogP) is 4.20. The Balaban J connectivity index is 0.000000314. The molecule has 0 aliphatic carbocycles. The summed E-state index contributed by atoms with van der Waals surface area (Å²) in [5.74, 6) is 0.913. The van der Waals surface area contributed by atoms with E-state index in [2.05, 4.69) is 16.7 Å². The molecule has 0 saturated heterocycles. The van der Waals surface area contributed by atoms with Crippen molar-refractivity contribution in [3.05, 3.63) is 42.3 Å². The summed E-state index contributed by atoms with van der Waals surface area (Å²) in [6, 6.07) is 5.36. The largest absolute Gasteiger partial charge is 0.463 e.